The molecule has 0 aromatic heterocycles. The van der Waals surface area contributed by atoms with E-state index in [2.05, 4.69) is 5.32 Å². The molecule has 0 aliphatic carbocycles. The maximum Gasteiger partial charge on any atom is 0.303 e. The molecule has 1 aromatic rings. The van der Waals surface area contributed by atoms with E-state index >= 15 is 0 Å². The van der Waals surface area contributed by atoms with E-state index in [1.54, 1.807) is 18.4 Å². The first-order valence-corrected chi connectivity index (χ1v) is 8.40. The summed E-state index contributed by atoms with van der Waals surface area (Å²) in [6.45, 7) is 1.88. The topological polar surface area (TPSA) is 83.5 Å². The van der Waals surface area contributed by atoms with Crippen molar-refractivity contribution in [3.63, 3.8) is 0 Å². The van der Waals surface area contributed by atoms with E-state index in [1.807, 2.05) is 19.1 Å². The van der Waals surface area contributed by atoms with E-state index in [0.29, 0.717) is 19.3 Å². The fraction of sp³-hybridized carbons (Fsp3) is 0.467. The third-order valence-corrected chi connectivity index (χ3v) is 4.07. The van der Waals surface area contributed by atoms with E-state index < -0.39 is 16.8 Å². The molecule has 5 nitrogen and oxygen atoms in total. The molecule has 0 saturated carbocycles. The minimum atomic E-state index is -1.01. The van der Waals surface area contributed by atoms with E-state index in [4.69, 9.17) is 5.11 Å². The van der Waals surface area contributed by atoms with Crippen molar-refractivity contribution in [2.45, 2.75) is 43.5 Å². The highest BCUT2D eigenvalue weighted by Crippen LogP contribution is 2.15. The van der Waals surface area contributed by atoms with Crippen LogP contribution in [0.25, 0.3) is 0 Å². The molecule has 1 aromatic carbocycles. The van der Waals surface area contributed by atoms with Crippen LogP contribution in [0.5, 0.6) is 0 Å². The summed E-state index contributed by atoms with van der Waals surface area (Å²) < 4.78 is 11.3. The monoisotopic (exact) mass is 311 g/mol. The molecular weight excluding hydrogens is 290 g/mol. The molecule has 2 unspecified atom stereocenters. The summed E-state index contributed by atoms with van der Waals surface area (Å²) in [6.07, 6.45) is 3.12. The van der Waals surface area contributed by atoms with Gasteiger partial charge in [-0.1, -0.05) is 12.1 Å². The third-order valence-electron chi connectivity index (χ3n) is 3.13. The predicted octanol–water partition coefficient (Wildman–Crippen LogP) is 2.25. The summed E-state index contributed by atoms with van der Waals surface area (Å²) in [5, 5.41) is 11.4. The number of rotatable bonds is 8. The fourth-order valence-electron chi connectivity index (χ4n) is 1.91. The average molecular weight is 311 g/mol. The van der Waals surface area contributed by atoms with Crippen molar-refractivity contribution in [1.29, 1.82) is 0 Å². The number of carboxylic acids is 1. The van der Waals surface area contributed by atoms with Crippen molar-refractivity contribution >= 4 is 22.7 Å². The summed E-state index contributed by atoms with van der Waals surface area (Å²) in [7, 11) is -1.01. The van der Waals surface area contributed by atoms with Gasteiger partial charge in [-0.15, -0.1) is 0 Å². The molecular formula is C15H21NO4S. The van der Waals surface area contributed by atoms with Crippen LogP contribution >= 0.6 is 0 Å². The Balaban J connectivity index is 2.41. The number of unbranched alkanes of at least 4 members (excludes halogenated alkanes) is 1. The van der Waals surface area contributed by atoms with Gasteiger partial charge in [-0.05, 0) is 37.5 Å². The maximum atomic E-state index is 11.7. The zero-order chi connectivity index (χ0) is 15.8. The van der Waals surface area contributed by atoms with Crippen LogP contribution in [0.4, 0.5) is 0 Å². The van der Waals surface area contributed by atoms with Crippen molar-refractivity contribution in [2.24, 2.45) is 0 Å². The third kappa shape index (κ3) is 6.53. The van der Waals surface area contributed by atoms with E-state index in [9.17, 15) is 13.8 Å². The van der Waals surface area contributed by atoms with E-state index in [0.717, 1.165) is 10.5 Å². The number of carboxylic acid groups (broad SMARTS) is 1. The van der Waals surface area contributed by atoms with Crippen LogP contribution in [0.1, 0.15) is 44.2 Å². The van der Waals surface area contributed by atoms with Crippen LogP contribution in [-0.4, -0.2) is 27.4 Å². The summed E-state index contributed by atoms with van der Waals surface area (Å²) in [4.78, 5) is 22.9. The van der Waals surface area contributed by atoms with Gasteiger partial charge in [0, 0.05) is 34.8 Å². The van der Waals surface area contributed by atoms with Gasteiger partial charge in [-0.3, -0.25) is 13.8 Å². The Hall–Kier alpha value is -1.69. The molecule has 1 amide bonds. The Bertz CT molecular complexity index is 513. The predicted molar refractivity (Wildman–Crippen MR) is 81.4 cm³/mol. The maximum absolute atomic E-state index is 11.7. The van der Waals surface area contributed by atoms with Gasteiger partial charge in [0.2, 0.25) is 5.91 Å². The van der Waals surface area contributed by atoms with E-state index in [-0.39, 0.29) is 18.4 Å². The summed E-state index contributed by atoms with van der Waals surface area (Å²) in [5.74, 6) is -0.923. The van der Waals surface area contributed by atoms with Crippen molar-refractivity contribution in [1.82, 2.24) is 5.32 Å². The quantitative estimate of drug-likeness (QED) is 0.721. The van der Waals surface area contributed by atoms with Crippen LogP contribution < -0.4 is 5.32 Å². The van der Waals surface area contributed by atoms with Crippen LogP contribution in [0.2, 0.25) is 0 Å². The fourth-order valence-corrected chi connectivity index (χ4v) is 2.43. The smallest absolute Gasteiger partial charge is 0.303 e. The average Bonchev–Trinajstić information content (AvgIpc) is 2.43. The second-order valence-electron chi connectivity index (χ2n) is 4.91. The molecule has 0 aliphatic heterocycles. The van der Waals surface area contributed by atoms with Crippen molar-refractivity contribution in [2.75, 3.05) is 6.26 Å². The number of amides is 1. The van der Waals surface area contributed by atoms with Crippen LogP contribution in [0.15, 0.2) is 29.2 Å². The number of hydrogen-bond acceptors (Lipinski definition) is 3. The zero-order valence-electron chi connectivity index (χ0n) is 12.3. The van der Waals surface area contributed by atoms with Crippen LogP contribution in [0.3, 0.4) is 0 Å². The van der Waals surface area contributed by atoms with Gasteiger partial charge in [0.25, 0.3) is 0 Å². The summed E-state index contributed by atoms with van der Waals surface area (Å²) >= 11 is 0. The number of nitrogens with one attached hydrogen (secondary N) is 1. The SMILES string of the molecule is CC(NC(=O)CCCCC(=O)O)c1ccc(S(C)=O)cc1. The largest absolute Gasteiger partial charge is 0.481 e. The Morgan fingerprint density at radius 2 is 1.76 bits per heavy atom. The molecule has 0 fully saturated rings. The van der Waals surface area contributed by atoms with Gasteiger partial charge in [0.05, 0.1) is 6.04 Å². The molecule has 1 rings (SSSR count). The molecule has 2 atom stereocenters. The lowest BCUT2D eigenvalue weighted by atomic mass is 10.1. The first-order chi connectivity index (χ1) is 9.90. The molecule has 21 heavy (non-hydrogen) atoms. The highest BCUT2D eigenvalue weighted by Gasteiger charge is 2.10. The van der Waals surface area contributed by atoms with Gasteiger partial charge in [0.1, 0.15) is 0 Å². The number of benzene rings is 1. The van der Waals surface area contributed by atoms with Gasteiger partial charge < -0.3 is 10.4 Å². The Kier molecular flexibility index (Phi) is 7.08. The second kappa shape index (κ2) is 8.56. The number of carbonyl (C=O) groups is 2. The molecule has 0 bridgehead atoms. The Morgan fingerprint density at radius 3 is 2.29 bits per heavy atom. The molecule has 0 saturated heterocycles. The number of hydrogen-bond donors (Lipinski definition) is 2. The Morgan fingerprint density at radius 1 is 1.19 bits per heavy atom. The van der Waals surface area contributed by atoms with Gasteiger partial charge in [0.15, 0.2) is 0 Å². The molecule has 0 spiro atoms. The Labute approximate surface area is 127 Å². The van der Waals surface area contributed by atoms with Crippen molar-refractivity contribution in [3.8, 4) is 0 Å². The van der Waals surface area contributed by atoms with Crippen molar-refractivity contribution in [3.05, 3.63) is 29.8 Å². The minimum Gasteiger partial charge on any atom is -0.481 e. The molecule has 0 aliphatic rings. The number of aliphatic carboxylic acids is 1. The lowest BCUT2D eigenvalue weighted by Crippen LogP contribution is -2.26. The first-order valence-electron chi connectivity index (χ1n) is 6.84. The second-order valence-corrected chi connectivity index (χ2v) is 6.29. The standard InChI is InChI=1S/C15H21NO4S/c1-11(12-7-9-13(10-8-12)21(2)20)16-14(17)5-3-4-6-15(18)19/h7-11H,3-6H2,1-2H3,(H,16,17)(H,18,19). The minimum absolute atomic E-state index is 0.0870. The molecule has 0 radical (unpaired) electrons. The van der Waals surface area contributed by atoms with Gasteiger partial charge >= 0.3 is 5.97 Å². The lowest BCUT2D eigenvalue weighted by Gasteiger charge is -2.14. The molecule has 0 heterocycles. The van der Waals surface area contributed by atoms with Crippen molar-refractivity contribution < 1.29 is 18.9 Å². The number of carbonyl (C=O) groups excluding carboxylic acids is 1. The first kappa shape index (κ1) is 17.4. The molecule has 2 N–H and O–H groups in total. The highest BCUT2D eigenvalue weighted by atomic mass is 32.2. The lowest BCUT2D eigenvalue weighted by molar-refractivity contribution is -0.137. The highest BCUT2D eigenvalue weighted by molar-refractivity contribution is 7.84. The van der Waals surface area contributed by atoms with Gasteiger partial charge in [-0.2, -0.15) is 0 Å². The normalized spacial score (nSPS) is 13.4. The van der Waals surface area contributed by atoms with Crippen LogP contribution in [0, 0.1) is 0 Å². The molecule has 6 heteroatoms. The zero-order valence-corrected chi connectivity index (χ0v) is 13.1. The molecule has 116 valence electrons. The van der Waals surface area contributed by atoms with Crippen LogP contribution in [-0.2, 0) is 20.4 Å². The van der Waals surface area contributed by atoms with E-state index in [1.165, 1.54) is 0 Å². The summed E-state index contributed by atoms with van der Waals surface area (Å²) in [6, 6.07) is 7.16. The summed E-state index contributed by atoms with van der Waals surface area (Å²) in [5.41, 5.74) is 0.947. The van der Waals surface area contributed by atoms with Gasteiger partial charge in [-0.25, -0.2) is 0 Å².